The highest BCUT2D eigenvalue weighted by Gasteiger charge is 2.27. The minimum atomic E-state index is -0.154. The molecule has 4 heteroatoms. The Hall–Kier alpha value is -0.610. The predicted molar refractivity (Wildman–Crippen MR) is 71.3 cm³/mol. The van der Waals surface area contributed by atoms with Crippen LogP contribution in [-0.4, -0.2) is 47.7 Å². The first-order valence-electron chi connectivity index (χ1n) is 7.35. The number of likely N-dealkylation sites (tertiary alicyclic amines) is 1. The van der Waals surface area contributed by atoms with Gasteiger partial charge < -0.3 is 10.4 Å². The van der Waals surface area contributed by atoms with E-state index in [1.54, 1.807) is 0 Å². The van der Waals surface area contributed by atoms with Gasteiger partial charge in [-0.1, -0.05) is 12.8 Å². The molecule has 1 saturated carbocycles. The molecular formula is C14H26N2O2. The number of aliphatic hydroxyl groups excluding tert-OH is 1. The summed E-state index contributed by atoms with van der Waals surface area (Å²) < 4.78 is 0. The first kappa shape index (κ1) is 13.8. The fraction of sp³-hybridized carbons (Fsp3) is 0.929. The van der Waals surface area contributed by atoms with Crippen molar-refractivity contribution in [2.75, 3.05) is 13.6 Å². The van der Waals surface area contributed by atoms with Crippen LogP contribution in [0.15, 0.2) is 0 Å². The zero-order valence-electron chi connectivity index (χ0n) is 11.4. The second-order valence-corrected chi connectivity index (χ2v) is 5.86. The van der Waals surface area contributed by atoms with Gasteiger partial charge in [-0.25, -0.2) is 0 Å². The number of likely N-dealkylation sites (N-methyl/N-ethyl adjacent to an activating group) is 1. The zero-order valence-corrected chi connectivity index (χ0v) is 11.4. The standard InChI is InChI=1S/C14H26N2O2/c1-16-10-4-2-3-5-13(16)14(18)15-11-6-8-12(17)9-7-11/h11-13,17H,2-10H2,1H3,(H,15,18). The molecule has 1 heterocycles. The summed E-state index contributed by atoms with van der Waals surface area (Å²) in [5.74, 6) is 0.195. The minimum Gasteiger partial charge on any atom is -0.393 e. The van der Waals surface area contributed by atoms with Crippen molar-refractivity contribution in [3.8, 4) is 0 Å². The molecule has 1 unspecified atom stereocenters. The van der Waals surface area contributed by atoms with Crippen LogP contribution < -0.4 is 5.32 Å². The summed E-state index contributed by atoms with van der Waals surface area (Å²) in [5.41, 5.74) is 0. The second kappa shape index (κ2) is 6.53. The molecule has 0 spiro atoms. The van der Waals surface area contributed by atoms with Crippen LogP contribution in [0.5, 0.6) is 0 Å². The van der Waals surface area contributed by atoms with Crippen molar-refractivity contribution < 1.29 is 9.90 Å². The Morgan fingerprint density at radius 1 is 1.11 bits per heavy atom. The van der Waals surface area contributed by atoms with E-state index in [0.29, 0.717) is 0 Å². The summed E-state index contributed by atoms with van der Waals surface area (Å²) in [6, 6.07) is 0.330. The number of hydrogen-bond donors (Lipinski definition) is 2. The van der Waals surface area contributed by atoms with Gasteiger partial charge in [0.1, 0.15) is 0 Å². The highest BCUT2D eigenvalue weighted by Crippen LogP contribution is 2.20. The molecular weight excluding hydrogens is 228 g/mol. The fourth-order valence-corrected chi connectivity index (χ4v) is 3.10. The van der Waals surface area contributed by atoms with E-state index >= 15 is 0 Å². The highest BCUT2D eigenvalue weighted by atomic mass is 16.3. The topological polar surface area (TPSA) is 52.6 Å². The molecule has 0 bridgehead atoms. The van der Waals surface area contributed by atoms with Crippen LogP contribution in [0.1, 0.15) is 51.4 Å². The van der Waals surface area contributed by atoms with E-state index in [0.717, 1.165) is 45.1 Å². The van der Waals surface area contributed by atoms with E-state index in [1.807, 2.05) is 0 Å². The molecule has 1 amide bonds. The van der Waals surface area contributed by atoms with Gasteiger partial charge in [-0.15, -0.1) is 0 Å². The van der Waals surface area contributed by atoms with Gasteiger partial charge in [0.15, 0.2) is 0 Å². The van der Waals surface area contributed by atoms with Gasteiger partial charge in [0.05, 0.1) is 12.1 Å². The van der Waals surface area contributed by atoms with E-state index in [-0.39, 0.29) is 24.1 Å². The number of hydrogen-bond acceptors (Lipinski definition) is 3. The van der Waals surface area contributed by atoms with Crippen molar-refractivity contribution >= 4 is 5.91 Å². The molecule has 1 atom stereocenters. The Balaban J connectivity index is 1.82. The molecule has 104 valence electrons. The van der Waals surface area contributed by atoms with Crippen molar-refractivity contribution in [3.63, 3.8) is 0 Å². The molecule has 1 aliphatic carbocycles. The van der Waals surface area contributed by atoms with Crippen LogP contribution in [0.3, 0.4) is 0 Å². The molecule has 4 nitrogen and oxygen atoms in total. The summed E-state index contributed by atoms with van der Waals surface area (Å²) in [5, 5.41) is 12.6. The number of nitrogens with one attached hydrogen (secondary N) is 1. The van der Waals surface area contributed by atoms with Gasteiger partial charge in [0.25, 0.3) is 0 Å². The lowest BCUT2D eigenvalue weighted by Crippen LogP contribution is -2.49. The number of amides is 1. The Labute approximate surface area is 110 Å². The molecule has 0 aromatic heterocycles. The fourth-order valence-electron chi connectivity index (χ4n) is 3.10. The van der Waals surface area contributed by atoms with Gasteiger partial charge in [0, 0.05) is 6.04 Å². The van der Waals surface area contributed by atoms with E-state index < -0.39 is 0 Å². The van der Waals surface area contributed by atoms with Crippen LogP contribution >= 0.6 is 0 Å². The summed E-state index contributed by atoms with van der Waals surface area (Å²) in [4.78, 5) is 14.5. The van der Waals surface area contributed by atoms with E-state index in [2.05, 4.69) is 17.3 Å². The minimum absolute atomic E-state index is 0.0550. The van der Waals surface area contributed by atoms with Gasteiger partial charge in [-0.05, 0) is 52.1 Å². The Morgan fingerprint density at radius 3 is 2.56 bits per heavy atom. The molecule has 1 aliphatic heterocycles. The quantitative estimate of drug-likeness (QED) is 0.780. The highest BCUT2D eigenvalue weighted by molar-refractivity contribution is 5.82. The number of nitrogens with zero attached hydrogens (tertiary/aromatic N) is 1. The molecule has 2 rings (SSSR count). The third-order valence-corrected chi connectivity index (χ3v) is 4.37. The van der Waals surface area contributed by atoms with E-state index in [9.17, 15) is 9.90 Å². The SMILES string of the molecule is CN1CCCCCC1C(=O)NC1CCC(O)CC1. The number of aliphatic hydroxyl groups is 1. The largest absolute Gasteiger partial charge is 0.393 e. The van der Waals surface area contributed by atoms with E-state index in [1.165, 1.54) is 12.8 Å². The van der Waals surface area contributed by atoms with Crippen LogP contribution in [0.2, 0.25) is 0 Å². The predicted octanol–water partition coefficient (Wildman–Crippen LogP) is 1.28. The summed E-state index contributed by atoms with van der Waals surface area (Å²) in [7, 11) is 2.06. The first-order chi connectivity index (χ1) is 8.66. The van der Waals surface area contributed by atoms with Gasteiger partial charge >= 0.3 is 0 Å². The Bertz CT molecular complexity index is 275. The normalized spacial score (nSPS) is 34.9. The van der Waals surface area contributed by atoms with Gasteiger partial charge in [-0.3, -0.25) is 9.69 Å². The molecule has 2 N–H and O–H groups in total. The smallest absolute Gasteiger partial charge is 0.237 e. The van der Waals surface area contributed by atoms with Gasteiger partial charge in [-0.2, -0.15) is 0 Å². The monoisotopic (exact) mass is 254 g/mol. The maximum Gasteiger partial charge on any atom is 0.237 e. The van der Waals surface area contributed by atoms with E-state index in [4.69, 9.17) is 0 Å². The number of carbonyl (C=O) groups excluding carboxylic acids is 1. The van der Waals surface area contributed by atoms with Crippen molar-refractivity contribution in [1.82, 2.24) is 10.2 Å². The van der Waals surface area contributed by atoms with Crippen LogP contribution in [0.4, 0.5) is 0 Å². The molecule has 0 radical (unpaired) electrons. The van der Waals surface area contributed by atoms with Crippen LogP contribution in [-0.2, 0) is 4.79 Å². The lowest BCUT2D eigenvalue weighted by molar-refractivity contribution is -0.127. The third-order valence-electron chi connectivity index (χ3n) is 4.37. The average Bonchev–Trinajstić information content (AvgIpc) is 2.57. The molecule has 0 aromatic rings. The molecule has 18 heavy (non-hydrogen) atoms. The zero-order chi connectivity index (χ0) is 13.0. The summed E-state index contributed by atoms with van der Waals surface area (Å²) in [6.07, 6.45) is 7.92. The summed E-state index contributed by atoms with van der Waals surface area (Å²) >= 11 is 0. The third kappa shape index (κ3) is 3.69. The van der Waals surface area contributed by atoms with Crippen molar-refractivity contribution in [1.29, 1.82) is 0 Å². The summed E-state index contributed by atoms with van der Waals surface area (Å²) in [6.45, 7) is 1.03. The lowest BCUT2D eigenvalue weighted by atomic mass is 9.93. The molecule has 2 fully saturated rings. The molecule has 1 saturated heterocycles. The van der Waals surface area contributed by atoms with Gasteiger partial charge in [0.2, 0.25) is 5.91 Å². The molecule has 2 aliphatic rings. The molecule has 0 aromatic carbocycles. The first-order valence-corrected chi connectivity index (χ1v) is 7.35. The maximum atomic E-state index is 12.3. The van der Waals surface area contributed by atoms with Crippen molar-refractivity contribution in [2.24, 2.45) is 0 Å². The van der Waals surface area contributed by atoms with Crippen LogP contribution in [0.25, 0.3) is 0 Å². The Kier molecular flexibility index (Phi) is 5.01. The second-order valence-electron chi connectivity index (χ2n) is 5.86. The number of carbonyl (C=O) groups is 1. The maximum absolute atomic E-state index is 12.3. The van der Waals surface area contributed by atoms with Crippen molar-refractivity contribution in [3.05, 3.63) is 0 Å². The number of rotatable bonds is 2. The van der Waals surface area contributed by atoms with Crippen LogP contribution in [0, 0.1) is 0 Å². The lowest BCUT2D eigenvalue weighted by Gasteiger charge is -2.30. The Morgan fingerprint density at radius 2 is 1.83 bits per heavy atom. The average molecular weight is 254 g/mol. The van der Waals surface area contributed by atoms with Crippen molar-refractivity contribution in [2.45, 2.75) is 69.6 Å².